The summed E-state index contributed by atoms with van der Waals surface area (Å²) in [5, 5.41) is 5.38. The lowest BCUT2D eigenvalue weighted by Gasteiger charge is -2.37. The molecule has 3 aromatic rings. The van der Waals surface area contributed by atoms with Crippen molar-refractivity contribution in [3.63, 3.8) is 0 Å². The molecular formula is C18H22N6. The zero-order valence-corrected chi connectivity index (χ0v) is 14.4. The summed E-state index contributed by atoms with van der Waals surface area (Å²) in [5.74, 6) is 1.80. The number of nitrogens with zero attached hydrogens (tertiary/aromatic N) is 6. The van der Waals surface area contributed by atoms with E-state index < -0.39 is 0 Å². The number of piperazine rings is 1. The summed E-state index contributed by atoms with van der Waals surface area (Å²) in [6.45, 7) is 7.98. The molecule has 1 aliphatic rings. The van der Waals surface area contributed by atoms with Crippen LogP contribution in [0.15, 0.2) is 30.5 Å². The molecule has 0 atom stereocenters. The third-order valence-corrected chi connectivity index (χ3v) is 4.63. The Kier molecular flexibility index (Phi) is 3.59. The van der Waals surface area contributed by atoms with Crippen molar-refractivity contribution < 1.29 is 0 Å². The van der Waals surface area contributed by atoms with E-state index in [0.717, 1.165) is 48.9 Å². The number of hydrogen-bond donors (Lipinski definition) is 0. The molecule has 0 spiro atoms. The van der Waals surface area contributed by atoms with Crippen molar-refractivity contribution in [1.82, 2.24) is 19.7 Å². The largest absolute Gasteiger partial charge is 0.368 e. The van der Waals surface area contributed by atoms with Crippen molar-refractivity contribution in [1.29, 1.82) is 0 Å². The molecule has 124 valence electrons. The van der Waals surface area contributed by atoms with Gasteiger partial charge in [0.2, 0.25) is 0 Å². The lowest BCUT2D eigenvalue weighted by Crippen LogP contribution is -2.47. The predicted molar refractivity (Wildman–Crippen MR) is 96.6 cm³/mol. The summed E-state index contributed by atoms with van der Waals surface area (Å²) < 4.78 is 1.82. The molecule has 2 aromatic heterocycles. The molecular weight excluding hydrogens is 300 g/mol. The van der Waals surface area contributed by atoms with E-state index in [1.807, 2.05) is 24.9 Å². The van der Waals surface area contributed by atoms with Crippen LogP contribution in [0.25, 0.3) is 11.0 Å². The van der Waals surface area contributed by atoms with E-state index in [4.69, 9.17) is 4.98 Å². The zero-order chi connectivity index (χ0) is 16.7. The van der Waals surface area contributed by atoms with Gasteiger partial charge < -0.3 is 9.80 Å². The van der Waals surface area contributed by atoms with Crippen molar-refractivity contribution in [3.05, 3.63) is 41.9 Å². The Morgan fingerprint density at radius 3 is 2.46 bits per heavy atom. The minimum atomic E-state index is 0.794. The van der Waals surface area contributed by atoms with Gasteiger partial charge in [-0.3, -0.25) is 4.68 Å². The number of rotatable bonds is 2. The van der Waals surface area contributed by atoms with E-state index >= 15 is 0 Å². The van der Waals surface area contributed by atoms with Crippen molar-refractivity contribution >= 4 is 22.5 Å². The SMILES string of the molecule is Cc1cccc(N2CCN(c3nc(C)nc4c3cnn4C)CC2)c1. The van der Waals surface area contributed by atoms with Gasteiger partial charge in [-0.25, -0.2) is 9.97 Å². The van der Waals surface area contributed by atoms with Crippen LogP contribution in [0, 0.1) is 13.8 Å². The fourth-order valence-electron chi connectivity index (χ4n) is 3.36. The topological polar surface area (TPSA) is 50.1 Å². The normalized spacial score (nSPS) is 15.3. The van der Waals surface area contributed by atoms with E-state index in [2.05, 4.69) is 51.1 Å². The molecule has 1 fully saturated rings. The standard InChI is InChI=1S/C18H22N6/c1-13-5-4-6-15(11-13)23-7-9-24(10-8-23)18-16-12-19-22(3)17(16)20-14(2)21-18/h4-6,11-12H,7-10H2,1-3H3. The van der Waals surface area contributed by atoms with Crippen LogP contribution >= 0.6 is 0 Å². The Morgan fingerprint density at radius 2 is 1.71 bits per heavy atom. The Hall–Kier alpha value is -2.63. The first-order chi connectivity index (χ1) is 11.6. The average molecular weight is 322 g/mol. The second kappa shape index (κ2) is 5.78. The second-order valence-corrected chi connectivity index (χ2v) is 6.41. The van der Waals surface area contributed by atoms with Crippen LogP contribution in [-0.2, 0) is 7.05 Å². The number of fused-ring (bicyclic) bond motifs is 1. The Morgan fingerprint density at radius 1 is 0.958 bits per heavy atom. The molecule has 24 heavy (non-hydrogen) atoms. The molecule has 0 saturated carbocycles. The first-order valence-electron chi connectivity index (χ1n) is 8.35. The van der Waals surface area contributed by atoms with Gasteiger partial charge in [-0.05, 0) is 31.5 Å². The van der Waals surface area contributed by atoms with E-state index in [0.29, 0.717) is 0 Å². The van der Waals surface area contributed by atoms with Crippen LogP contribution in [-0.4, -0.2) is 45.9 Å². The van der Waals surface area contributed by atoms with Gasteiger partial charge in [-0.2, -0.15) is 5.10 Å². The fraction of sp³-hybridized carbons (Fsp3) is 0.389. The summed E-state index contributed by atoms with van der Waals surface area (Å²) in [7, 11) is 1.92. The molecule has 6 heteroatoms. The molecule has 0 N–H and O–H groups in total. The van der Waals surface area contributed by atoms with Crippen molar-refractivity contribution in [2.75, 3.05) is 36.0 Å². The second-order valence-electron chi connectivity index (χ2n) is 6.41. The molecule has 1 aliphatic heterocycles. The summed E-state index contributed by atoms with van der Waals surface area (Å²) in [5.41, 5.74) is 3.51. The van der Waals surface area contributed by atoms with Crippen molar-refractivity contribution in [2.24, 2.45) is 7.05 Å². The van der Waals surface area contributed by atoms with E-state index in [1.54, 1.807) is 0 Å². The van der Waals surface area contributed by atoms with Crippen molar-refractivity contribution in [2.45, 2.75) is 13.8 Å². The number of hydrogen-bond acceptors (Lipinski definition) is 5. The minimum absolute atomic E-state index is 0.794. The highest BCUT2D eigenvalue weighted by molar-refractivity contribution is 5.87. The van der Waals surface area contributed by atoms with Gasteiger partial charge >= 0.3 is 0 Å². The maximum Gasteiger partial charge on any atom is 0.163 e. The highest BCUT2D eigenvalue weighted by Crippen LogP contribution is 2.26. The average Bonchev–Trinajstić information content (AvgIpc) is 2.95. The first-order valence-corrected chi connectivity index (χ1v) is 8.35. The number of aromatic nitrogens is 4. The molecule has 0 aliphatic carbocycles. The van der Waals surface area contributed by atoms with Crippen LogP contribution in [0.3, 0.4) is 0 Å². The van der Waals surface area contributed by atoms with Gasteiger partial charge in [0, 0.05) is 38.9 Å². The summed E-state index contributed by atoms with van der Waals surface area (Å²) in [6.07, 6.45) is 1.87. The smallest absolute Gasteiger partial charge is 0.163 e. The molecule has 4 rings (SSSR count). The van der Waals surface area contributed by atoms with E-state index in [1.165, 1.54) is 11.3 Å². The monoisotopic (exact) mass is 322 g/mol. The third-order valence-electron chi connectivity index (χ3n) is 4.63. The highest BCUT2D eigenvalue weighted by Gasteiger charge is 2.21. The molecule has 3 heterocycles. The fourth-order valence-corrected chi connectivity index (χ4v) is 3.36. The molecule has 0 unspecified atom stereocenters. The summed E-state index contributed by atoms with van der Waals surface area (Å²) in [4.78, 5) is 14.0. The van der Waals surface area contributed by atoms with Gasteiger partial charge in [0.1, 0.15) is 11.6 Å². The van der Waals surface area contributed by atoms with E-state index in [-0.39, 0.29) is 0 Å². The Balaban J connectivity index is 1.58. The summed E-state index contributed by atoms with van der Waals surface area (Å²) >= 11 is 0. The highest BCUT2D eigenvalue weighted by atomic mass is 15.3. The Labute approximate surface area is 141 Å². The molecule has 1 saturated heterocycles. The lowest BCUT2D eigenvalue weighted by molar-refractivity contribution is 0.648. The van der Waals surface area contributed by atoms with Gasteiger partial charge in [-0.1, -0.05) is 12.1 Å². The first kappa shape index (κ1) is 14.9. The summed E-state index contributed by atoms with van der Waals surface area (Å²) in [6, 6.07) is 8.72. The number of benzene rings is 1. The van der Waals surface area contributed by atoms with Gasteiger partial charge in [0.15, 0.2) is 5.65 Å². The lowest BCUT2D eigenvalue weighted by atomic mass is 10.2. The molecule has 0 radical (unpaired) electrons. The molecule has 6 nitrogen and oxygen atoms in total. The van der Waals surface area contributed by atoms with E-state index in [9.17, 15) is 0 Å². The van der Waals surface area contributed by atoms with Gasteiger partial charge in [0.25, 0.3) is 0 Å². The predicted octanol–water partition coefficient (Wildman–Crippen LogP) is 2.31. The van der Waals surface area contributed by atoms with Crippen LogP contribution in [0.2, 0.25) is 0 Å². The maximum atomic E-state index is 4.69. The molecule has 0 bridgehead atoms. The van der Waals surface area contributed by atoms with Crippen molar-refractivity contribution in [3.8, 4) is 0 Å². The van der Waals surface area contributed by atoms with Crippen LogP contribution < -0.4 is 9.80 Å². The van der Waals surface area contributed by atoms with Gasteiger partial charge in [0.05, 0.1) is 11.6 Å². The number of aryl methyl sites for hydroxylation is 3. The maximum absolute atomic E-state index is 4.69. The minimum Gasteiger partial charge on any atom is -0.368 e. The molecule has 0 amide bonds. The molecule has 1 aromatic carbocycles. The number of anilines is 2. The van der Waals surface area contributed by atoms with Crippen LogP contribution in [0.1, 0.15) is 11.4 Å². The van der Waals surface area contributed by atoms with Crippen LogP contribution in [0.4, 0.5) is 11.5 Å². The van der Waals surface area contributed by atoms with Gasteiger partial charge in [-0.15, -0.1) is 0 Å². The Bertz CT molecular complexity index is 876. The quantitative estimate of drug-likeness (QED) is 0.725. The zero-order valence-electron chi connectivity index (χ0n) is 14.4. The van der Waals surface area contributed by atoms with Crippen LogP contribution in [0.5, 0.6) is 0 Å². The third kappa shape index (κ3) is 2.58.